The largest absolute Gasteiger partial charge is 1.00 e. The molecule has 0 saturated heterocycles. The van der Waals surface area contributed by atoms with Gasteiger partial charge in [-0.2, -0.15) is 0 Å². The number of carbonyl (C=O) groups excluding carboxylic acids is 1. The van der Waals surface area contributed by atoms with Crippen LogP contribution >= 0.6 is 0 Å². The first-order valence-corrected chi connectivity index (χ1v) is 11.1. The first kappa shape index (κ1) is 26.1. The van der Waals surface area contributed by atoms with Crippen molar-refractivity contribution < 1.29 is 53.3 Å². The number of hydrogen-bond acceptors (Lipinski definition) is 5. The van der Waals surface area contributed by atoms with Gasteiger partial charge in [0.15, 0.2) is 0 Å². The van der Waals surface area contributed by atoms with Crippen LogP contribution in [0.2, 0.25) is 0 Å². The van der Waals surface area contributed by atoms with Crippen LogP contribution in [0.1, 0.15) is 35.1 Å². The van der Waals surface area contributed by atoms with E-state index in [1.165, 1.54) is 17.2 Å². The molecule has 1 aliphatic rings. The Labute approximate surface area is 221 Å². The van der Waals surface area contributed by atoms with Gasteiger partial charge in [-0.15, -0.1) is 0 Å². The van der Waals surface area contributed by atoms with Crippen molar-refractivity contribution in [2.45, 2.75) is 38.8 Å². The van der Waals surface area contributed by atoms with Crippen LogP contribution in [-0.2, 0) is 30.8 Å². The first-order chi connectivity index (χ1) is 16.0. The van der Waals surface area contributed by atoms with Gasteiger partial charge in [0.1, 0.15) is 23.9 Å². The summed E-state index contributed by atoms with van der Waals surface area (Å²) in [6.07, 6.45) is 1.98. The Morgan fingerprint density at radius 2 is 1.85 bits per heavy atom. The summed E-state index contributed by atoms with van der Waals surface area (Å²) in [5, 5.41) is 10.6. The van der Waals surface area contributed by atoms with Crippen molar-refractivity contribution in [3.05, 3.63) is 88.7 Å². The third kappa shape index (κ3) is 6.53. The number of methoxy groups -OCH3 is 1. The van der Waals surface area contributed by atoms with E-state index in [1.807, 2.05) is 24.3 Å². The molecule has 0 bridgehead atoms. The molecule has 0 unspecified atom stereocenters. The first-order valence-electron chi connectivity index (χ1n) is 11.1. The van der Waals surface area contributed by atoms with E-state index in [0.29, 0.717) is 11.1 Å². The van der Waals surface area contributed by atoms with Gasteiger partial charge < -0.3 is 24.3 Å². The SMILES string of the molecule is COc1ccc(CN2CCCc3cccc(OCc4ccc(CCC(=O)[O-])c(F)c4)c32)cc1.[Na+]. The van der Waals surface area contributed by atoms with E-state index < -0.39 is 11.8 Å². The number of carboxylic acid groups (broad SMARTS) is 1. The monoisotopic (exact) mass is 471 g/mol. The predicted octanol–water partition coefficient (Wildman–Crippen LogP) is 1.05. The van der Waals surface area contributed by atoms with Crippen LogP contribution in [0.5, 0.6) is 11.5 Å². The fraction of sp³-hybridized carbons (Fsp3) is 0.296. The minimum Gasteiger partial charge on any atom is -0.550 e. The Balaban J connectivity index is 0.00000324. The van der Waals surface area contributed by atoms with Crippen LogP contribution in [0.15, 0.2) is 60.7 Å². The maximum atomic E-state index is 14.4. The molecular formula is C27H27FNNaO4. The van der Waals surface area contributed by atoms with E-state index >= 15 is 0 Å². The molecule has 5 nitrogen and oxygen atoms in total. The zero-order chi connectivity index (χ0) is 23.2. The number of rotatable bonds is 9. The fourth-order valence-corrected chi connectivity index (χ4v) is 4.21. The predicted molar refractivity (Wildman–Crippen MR) is 123 cm³/mol. The van der Waals surface area contributed by atoms with Gasteiger partial charge in [-0.05, 0) is 72.2 Å². The van der Waals surface area contributed by atoms with Gasteiger partial charge in [0.25, 0.3) is 0 Å². The van der Waals surface area contributed by atoms with Gasteiger partial charge in [0, 0.05) is 19.1 Å². The standard InChI is InChI=1S/C27H28FNO4.Na/c1-32-23-12-8-19(9-13-23)17-29-15-3-5-22-4-2-6-25(27(22)29)33-18-20-7-10-21(24(28)16-20)11-14-26(30)31;/h2,4,6-10,12-13,16H,3,5,11,14-15,17-18H2,1H3,(H,30,31);/q;+1/p-1. The molecule has 0 atom stereocenters. The van der Waals surface area contributed by atoms with Crippen molar-refractivity contribution >= 4 is 11.7 Å². The summed E-state index contributed by atoms with van der Waals surface area (Å²) in [6, 6.07) is 19.0. The summed E-state index contributed by atoms with van der Waals surface area (Å²) in [4.78, 5) is 13.0. The average Bonchev–Trinajstić information content (AvgIpc) is 2.82. The third-order valence-corrected chi connectivity index (χ3v) is 5.92. The quantitative estimate of drug-likeness (QED) is 0.437. The summed E-state index contributed by atoms with van der Waals surface area (Å²) < 4.78 is 25.8. The fourth-order valence-electron chi connectivity index (χ4n) is 4.21. The summed E-state index contributed by atoms with van der Waals surface area (Å²) in [5.74, 6) is 0.00488. The van der Waals surface area contributed by atoms with Crippen LogP contribution in [0.4, 0.5) is 10.1 Å². The molecule has 172 valence electrons. The number of para-hydroxylation sites is 1. The van der Waals surface area contributed by atoms with Gasteiger partial charge in [-0.1, -0.05) is 36.4 Å². The number of fused-ring (bicyclic) bond motifs is 1. The number of halogens is 1. The van der Waals surface area contributed by atoms with Gasteiger partial charge in [-0.3, -0.25) is 0 Å². The molecule has 4 rings (SSSR count). The summed E-state index contributed by atoms with van der Waals surface area (Å²) in [7, 11) is 1.66. The molecule has 0 N–H and O–H groups in total. The van der Waals surface area contributed by atoms with Crippen molar-refractivity contribution in [3.63, 3.8) is 0 Å². The number of aliphatic carboxylic acids is 1. The van der Waals surface area contributed by atoms with Crippen LogP contribution < -0.4 is 49.0 Å². The molecule has 0 fully saturated rings. The van der Waals surface area contributed by atoms with Crippen LogP contribution in [0.3, 0.4) is 0 Å². The van der Waals surface area contributed by atoms with E-state index in [1.54, 1.807) is 19.2 Å². The normalized spacial score (nSPS) is 12.5. The Morgan fingerprint density at radius 1 is 1.09 bits per heavy atom. The van der Waals surface area contributed by atoms with Gasteiger partial charge in [0.2, 0.25) is 0 Å². The van der Waals surface area contributed by atoms with E-state index in [9.17, 15) is 14.3 Å². The van der Waals surface area contributed by atoms with Crippen molar-refractivity contribution in [2.24, 2.45) is 0 Å². The topological polar surface area (TPSA) is 61.8 Å². The van der Waals surface area contributed by atoms with Gasteiger partial charge in [0.05, 0.1) is 12.8 Å². The Hall–Kier alpha value is -2.54. The zero-order valence-electron chi connectivity index (χ0n) is 19.7. The summed E-state index contributed by atoms with van der Waals surface area (Å²) in [5.41, 5.74) is 4.58. The molecule has 3 aromatic carbocycles. The number of ether oxygens (including phenoxy) is 2. The molecule has 0 aromatic heterocycles. The Kier molecular flexibility index (Phi) is 9.39. The second-order valence-electron chi connectivity index (χ2n) is 8.22. The van der Waals surface area contributed by atoms with Gasteiger partial charge >= 0.3 is 29.6 Å². The number of nitrogens with zero attached hydrogens (tertiary/aromatic N) is 1. The minimum absolute atomic E-state index is 0. The smallest absolute Gasteiger partial charge is 0.550 e. The van der Waals surface area contributed by atoms with Crippen LogP contribution in [0.25, 0.3) is 0 Å². The molecule has 0 amide bonds. The molecule has 0 spiro atoms. The summed E-state index contributed by atoms with van der Waals surface area (Å²) in [6.45, 7) is 1.92. The number of hydrogen-bond donors (Lipinski definition) is 0. The number of carbonyl (C=O) groups is 1. The van der Waals surface area contributed by atoms with Crippen LogP contribution in [-0.4, -0.2) is 19.6 Å². The number of aryl methyl sites for hydroxylation is 2. The van der Waals surface area contributed by atoms with Crippen molar-refractivity contribution in [1.82, 2.24) is 0 Å². The van der Waals surface area contributed by atoms with Crippen molar-refractivity contribution in [2.75, 3.05) is 18.6 Å². The molecule has 1 aliphatic heterocycles. The molecule has 0 saturated carbocycles. The number of anilines is 1. The van der Waals surface area contributed by atoms with E-state index in [2.05, 4.69) is 23.1 Å². The molecule has 0 aliphatic carbocycles. The molecule has 1 heterocycles. The Morgan fingerprint density at radius 3 is 2.56 bits per heavy atom. The van der Waals surface area contributed by atoms with Gasteiger partial charge in [-0.25, -0.2) is 4.39 Å². The zero-order valence-corrected chi connectivity index (χ0v) is 21.7. The van der Waals surface area contributed by atoms with E-state index in [4.69, 9.17) is 9.47 Å². The molecule has 7 heteroatoms. The second kappa shape index (κ2) is 12.2. The van der Waals surface area contributed by atoms with Crippen molar-refractivity contribution in [3.8, 4) is 11.5 Å². The van der Waals surface area contributed by atoms with E-state index in [0.717, 1.165) is 43.1 Å². The van der Waals surface area contributed by atoms with Crippen molar-refractivity contribution in [1.29, 1.82) is 0 Å². The summed E-state index contributed by atoms with van der Waals surface area (Å²) >= 11 is 0. The number of carboxylic acids is 1. The maximum Gasteiger partial charge on any atom is 1.00 e. The minimum atomic E-state index is -1.19. The molecule has 3 aromatic rings. The van der Waals surface area contributed by atoms with E-state index in [-0.39, 0.29) is 49.0 Å². The Bertz CT molecular complexity index is 1120. The van der Waals surface area contributed by atoms with Crippen LogP contribution in [0, 0.1) is 5.82 Å². The second-order valence-corrected chi connectivity index (χ2v) is 8.22. The molecular weight excluding hydrogens is 444 g/mol. The number of benzene rings is 3. The molecule has 0 radical (unpaired) electrons. The third-order valence-electron chi connectivity index (χ3n) is 5.92. The maximum absolute atomic E-state index is 14.4. The molecule has 34 heavy (non-hydrogen) atoms. The average molecular weight is 472 g/mol.